The summed E-state index contributed by atoms with van der Waals surface area (Å²) < 4.78 is 1.80. The van der Waals surface area contributed by atoms with Crippen LogP contribution in [-0.4, -0.2) is 25.8 Å². The van der Waals surface area contributed by atoms with E-state index >= 15 is 0 Å². The van der Waals surface area contributed by atoms with E-state index in [0.717, 1.165) is 6.42 Å². The van der Waals surface area contributed by atoms with E-state index in [1.54, 1.807) is 10.9 Å². The van der Waals surface area contributed by atoms with Crippen molar-refractivity contribution in [3.05, 3.63) is 16.6 Å². The third-order valence-electron chi connectivity index (χ3n) is 3.98. The van der Waals surface area contributed by atoms with Crippen molar-refractivity contribution in [3.8, 4) is 0 Å². The third kappa shape index (κ3) is 2.66. The molecule has 6 nitrogen and oxygen atoms in total. The van der Waals surface area contributed by atoms with Crippen molar-refractivity contribution >= 4 is 17.0 Å². The summed E-state index contributed by atoms with van der Waals surface area (Å²) in [5.74, 6) is 1.27. The van der Waals surface area contributed by atoms with E-state index in [9.17, 15) is 4.79 Å². The highest BCUT2D eigenvalue weighted by Crippen LogP contribution is 2.36. The van der Waals surface area contributed by atoms with Crippen LogP contribution in [0.15, 0.2) is 11.0 Å². The van der Waals surface area contributed by atoms with Gasteiger partial charge in [-0.3, -0.25) is 9.78 Å². The normalized spacial score (nSPS) is 21.7. The molecule has 2 heterocycles. The lowest BCUT2D eigenvalue weighted by Crippen LogP contribution is -2.24. The Morgan fingerprint density at radius 1 is 1.48 bits per heavy atom. The molecule has 1 aliphatic carbocycles. The minimum absolute atomic E-state index is 0.134. The first-order chi connectivity index (χ1) is 9.90. The van der Waals surface area contributed by atoms with E-state index in [2.05, 4.69) is 27.3 Å². The largest absolute Gasteiger partial charge is 0.353 e. The predicted molar refractivity (Wildman–Crippen MR) is 83.6 cm³/mol. The van der Waals surface area contributed by atoms with Gasteiger partial charge in [-0.2, -0.15) is 10.1 Å². The van der Waals surface area contributed by atoms with E-state index in [4.69, 9.17) is 0 Å². The van der Waals surface area contributed by atoms with Crippen LogP contribution < -0.4 is 10.9 Å². The molecule has 0 saturated heterocycles. The van der Waals surface area contributed by atoms with E-state index < -0.39 is 0 Å². The molecule has 0 aliphatic heterocycles. The molecule has 114 valence electrons. The molecule has 0 aromatic carbocycles. The number of H-pyrrole nitrogens is 1. The fourth-order valence-corrected chi connectivity index (χ4v) is 2.77. The van der Waals surface area contributed by atoms with Gasteiger partial charge >= 0.3 is 0 Å². The van der Waals surface area contributed by atoms with E-state index in [-0.39, 0.29) is 11.1 Å². The van der Waals surface area contributed by atoms with Gasteiger partial charge in [-0.15, -0.1) is 0 Å². The predicted octanol–water partition coefficient (Wildman–Crippen LogP) is 2.48. The number of aromatic amines is 1. The van der Waals surface area contributed by atoms with Gasteiger partial charge in [-0.1, -0.05) is 13.3 Å². The van der Waals surface area contributed by atoms with Gasteiger partial charge in [0.25, 0.3) is 5.56 Å². The van der Waals surface area contributed by atoms with E-state index in [0.29, 0.717) is 28.9 Å². The average Bonchev–Trinajstić information content (AvgIpc) is 2.94. The number of anilines is 1. The second-order valence-corrected chi connectivity index (χ2v) is 6.91. The van der Waals surface area contributed by atoms with Gasteiger partial charge in [-0.05, 0) is 39.5 Å². The Balaban J connectivity index is 1.93. The summed E-state index contributed by atoms with van der Waals surface area (Å²) in [5.41, 5.74) is 0.302. The van der Waals surface area contributed by atoms with Crippen LogP contribution in [-0.2, 0) is 5.54 Å². The highest BCUT2D eigenvalue weighted by molar-refractivity contribution is 5.74. The fraction of sp³-hybridized carbons (Fsp3) is 0.667. The van der Waals surface area contributed by atoms with Crippen molar-refractivity contribution in [3.63, 3.8) is 0 Å². The molecule has 3 rings (SSSR count). The van der Waals surface area contributed by atoms with Gasteiger partial charge in [0.15, 0.2) is 5.65 Å². The Hall–Kier alpha value is -1.85. The Bertz CT molecular complexity index is 709. The molecule has 2 aromatic heterocycles. The molecule has 1 aliphatic rings. The molecule has 0 radical (unpaired) electrons. The van der Waals surface area contributed by atoms with Gasteiger partial charge in [0.1, 0.15) is 5.39 Å². The highest BCUT2D eigenvalue weighted by atomic mass is 16.1. The topological polar surface area (TPSA) is 75.6 Å². The Morgan fingerprint density at radius 2 is 2.24 bits per heavy atom. The van der Waals surface area contributed by atoms with Crippen molar-refractivity contribution in [1.29, 1.82) is 0 Å². The van der Waals surface area contributed by atoms with Crippen LogP contribution >= 0.6 is 0 Å². The van der Waals surface area contributed by atoms with E-state index in [1.807, 2.05) is 20.8 Å². The fourth-order valence-electron chi connectivity index (χ4n) is 2.77. The number of nitrogens with zero attached hydrogens (tertiary/aromatic N) is 3. The third-order valence-corrected chi connectivity index (χ3v) is 3.98. The van der Waals surface area contributed by atoms with Crippen LogP contribution in [0.4, 0.5) is 5.95 Å². The van der Waals surface area contributed by atoms with Gasteiger partial charge in [0.2, 0.25) is 5.95 Å². The van der Waals surface area contributed by atoms with Gasteiger partial charge in [-0.25, -0.2) is 4.68 Å². The SMILES string of the molecule is CCCC1CC1Nc1nc2c(cnn2C(C)(C)C)c(=O)[nH]1. The molecule has 2 aromatic rings. The van der Waals surface area contributed by atoms with Crippen molar-refractivity contribution < 1.29 is 0 Å². The van der Waals surface area contributed by atoms with Crippen molar-refractivity contribution in [2.75, 3.05) is 5.32 Å². The van der Waals surface area contributed by atoms with Gasteiger partial charge < -0.3 is 5.32 Å². The molecule has 6 heteroatoms. The van der Waals surface area contributed by atoms with Gasteiger partial charge in [0, 0.05) is 6.04 Å². The Labute approximate surface area is 124 Å². The minimum atomic E-state index is -0.204. The maximum Gasteiger partial charge on any atom is 0.263 e. The molecular weight excluding hydrogens is 266 g/mol. The second-order valence-electron chi connectivity index (χ2n) is 6.91. The number of nitrogens with one attached hydrogen (secondary N) is 2. The maximum absolute atomic E-state index is 12.2. The molecule has 0 amide bonds. The monoisotopic (exact) mass is 289 g/mol. The maximum atomic E-state index is 12.2. The van der Waals surface area contributed by atoms with Crippen LogP contribution in [0.5, 0.6) is 0 Å². The molecular formula is C15H23N5O. The first-order valence-electron chi connectivity index (χ1n) is 7.65. The number of hydrogen-bond donors (Lipinski definition) is 2. The Kier molecular flexibility index (Phi) is 3.26. The molecule has 2 unspecified atom stereocenters. The molecule has 0 spiro atoms. The van der Waals surface area contributed by atoms with E-state index in [1.165, 1.54) is 12.8 Å². The minimum Gasteiger partial charge on any atom is -0.353 e. The second kappa shape index (κ2) is 4.86. The summed E-state index contributed by atoms with van der Waals surface area (Å²) in [7, 11) is 0. The molecule has 0 bridgehead atoms. The smallest absolute Gasteiger partial charge is 0.263 e. The van der Waals surface area contributed by atoms with Crippen LogP contribution in [0.1, 0.15) is 47.0 Å². The van der Waals surface area contributed by atoms with Crippen molar-refractivity contribution in [2.45, 2.75) is 58.5 Å². The lowest BCUT2D eigenvalue weighted by Gasteiger charge is -2.19. The standard InChI is InChI=1S/C15H23N5O/c1-5-6-9-7-11(9)17-14-18-12-10(13(21)19-14)8-16-20(12)15(2,3)4/h8-9,11H,5-7H2,1-4H3,(H2,17,18,19,21). The molecule has 1 fully saturated rings. The van der Waals surface area contributed by atoms with Crippen molar-refractivity contribution in [1.82, 2.24) is 19.7 Å². The van der Waals surface area contributed by atoms with Crippen LogP contribution in [0.3, 0.4) is 0 Å². The molecule has 21 heavy (non-hydrogen) atoms. The van der Waals surface area contributed by atoms with Gasteiger partial charge in [0.05, 0.1) is 11.7 Å². The van der Waals surface area contributed by atoms with Crippen LogP contribution in [0.2, 0.25) is 0 Å². The molecule has 2 N–H and O–H groups in total. The van der Waals surface area contributed by atoms with Crippen LogP contribution in [0, 0.1) is 5.92 Å². The summed E-state index contributed by atoms with van der Waals surface area (Å²) in [5, 5.41) is 8.20. The zero-order valence-electron chi connectivity index (χ0n) is 13.1. The summed E-state index contributed by atoms with van der Waals surface area (Å²) in [6, 6.07) is 0.441. The number of aromatic nitrogens is 4. The summed E-state index contributed by atoms with van der Waals surface area (Å²) in [6.07, 6.45) is 5.17. The quantitative estimate of drug-likeness (QED) is 0.906. The molecule has 2 atom stereocenters. The summed E-state index contributed by atoms with van der Waals surface area (Å²) in [6.45, 7) is 8.35. The molecule has 1 saturated carbocycles. The number of rotatable bonds is 4. The summed E-state index contributed by atoms with van der Waals surface area (Å²) in [4.78, 5) is 19.5. The first-order valence-corrected chi connectivity index (χ1v) is 7.65. The van der Waals surface area contributed by atoms with Crippen molar-refractivity contribution in [2.24, 2.45) is 5.92 Å². The summed E-state index contributed by atoms with van der Waals surface area (Å²) >= 11 is 0. The zero-order valence-corrected chi connectivity index (χ0v) is 13.1. The Morgan fingerprint density at radius 3 is 2.90 bits per heavy atom. The average molecular weight is 289 g/mol. The highest BCUT2D eigenvalue weighted by Gasteiger charge is 2.36. The number of hydrogen-bond acceptors (Lipinski definition) is 4. The first kappa shape index (κ1) is 14.1. The zero-order chi connectivity index (χ0) is 15.2. The number of fused-ring (bicyclic) bond motifs is 1. The lowest BCUT2D eigenvalue weighted by atomic mass is 10.1. The lowest BCUT2D eigenvalue weighted by molar-refractivity contribution is 0.366. The van der Waals surface area contributed by atoms with Crippen LogP contribution in [0.25, 0.3) is 11.0 Å².